The first-order valence-corrected chi connectivity index (χ1v) is 15.0. The van der Waals surface area contributed by atoms with E-state index in [1.165, 1.54) is 16.5 Å². The van der Waals surface area contributed by atoms with Gasteiger partial charge in [0.15, 0.2) is 17.5 Å². The Labute approximate surface area is 259 Å². The zero-order valence-corrected chi connectivity index (χ0v) is 24.2. The molecule has 0 saturated carbocycles. The van der Waals surface area contributed by atoms with Crippen molar-refractivity contribution in [2.24, 2.45) is 0 Å². The van der Waals surface area contributed by atoms with Crippen molar-refractivity contribution >= 4 is 43.5 Å². The van der Waals surface area contributed by atoms with Crippen molar-refractivity contribution in [2.75, 3.05) is 0 Å². The standard InChI is InChI=1S/C41H25N3O/c1-2-12-27(13-3-1)30-16-8-18-32-31(30)17-9-19-33(32)40-42-39(29-24-23-26-11-4-5-14-28(26)25-29)43-41(44-40)35-20-10-22-37-38(35)34-15-6-7-21-36(34)45-37/h1-25H. The number of para-hydroxylation sites is 1. The predicted molar refractivity (Wildman–Crippen MR) is 184 cm³/mol. The summed E-state index contributed by atoms with van der Waals surface area (Å²) in [4.78, 5) is 15.5. The number of furan rings is 1. The summed E-state index contributed by atoms with van der Waals surface area (Å²) in [5.74, 6) is 1.86. The molecule has 7 aromatic carbocycles. The van der Waals surface area contributed by atoms with Gasteiger partial charge >= 0.3 is 0 Å². The lowest BCUT2D eigenvalue weighted by Crippen LogP contribution is -2.01. The summed E-state index contributed by atoms with van der Waals surface area (Å²) in [6, 6.07) is 52.2. The van der Waals surface area contributed by atoms with E-state index >= 15 is 0 Å². The smallest absolute Gasteiger partial charge is 0.164 e. The van der Waals surface area contributed by atoms with Gasteiger partial charge in [0.2, 0.25) is 0 Å². The summed E-state index contributed by atoms with van der Waals surface area (Å²) in [7, 11) is 0. The summed E-state index contributed by atoms with van der Waals surface area (Å²) in [5.41, 5.74) is 6.80. The van der Waals surface area contributed by atoms with E-state index in [1.54, 1.807) is 0 Å². The minimum Gasteiger partial charge on any atom is -0.456 e. The van der Waals surface area contributed by atoms with Crippen LogP contribution in [0.25, 0.3) is 88.8 Å². The molecule has 0 N–H and O–H groups in total. The normalized spacial score (nSPS) is 11.6. The van der Waals surface area contributed by atoms with Crippen LogP contribution < -0.4 is 0 Å². The number of hydrogen-bond donors (Lipinski definition) is 0. The van der Waals surface area contributed by atoms with Gasteiger partial charge in [0, 0.05) is 27.5 Å². The van der Waals surface area contributed by atoms with Crippen LogP contribution in [0.15, 0.2) is 156 Å². The lowest BCUT2D eigenvalue weighted by atomic mass is 9.95. The predicted octanol–water partition coefficient (Wildman–Crippen LogP) is 10.7. The minimum absolute atomic E-state index is 0.608. The Morgan fingerprint density at radius 3 is 1.82 bits per heavy atom. The molecular formula is C41H25N3O. The molecule has 2 aromatic heterocycles. The molecular weight excluding hydrogens is 550 g/mol. The second-order valence-corrected chi connectivity index (χ2v) is 11.2. The number of aromatic nitrogens is 3. The van der Waals surface area contributed by atoms with Gasteiger partial charge in [-0.1, -0.05) is 133 Å². The van der Waals surface area contributed by atoms with Crippen LogP contribution in [0.3, 0.4) is 0 Å². The Kier molecular flexibility index (Phi) is 5.78. The molecule has 4 heteroatoms. The number of benzene rings is 7. The fourth-order valence-corrected chi connectivity index (χ4v) is 6.41. The molecule has 0 bridgehead atoms. The highest BCUT2D eigenvalue weighted by Crippen LogP contribution is 2.38. The SMILES string of the molecule is c1ccc(-c2cccc3c(-c4nc(-c5ccc6ccccc6c5)nc(-c5cccc6oc7ccccc7c56)n4)cccc23)cc1. The van der Waals surface area contributed by atoms with E-state index in [0.29, 0.717) is 17.5 Å². The molecule has 210 valence electrons. The van der Waals surface area contributed by atoms with Gasteiger partial charge in [-0.2, -0.15) is 0 Å². The molecule has 0 aliphatic carbocycles. The van der Waals surface area contributed by atoms with Crippen LogP contribution in [0.4, 0.5) is 0 Å². The van der Waals surface area contributed by atoms with Crippen molar-refractivity contribution in [3.8, 4) is 45.3 Å². The summed E-state index contributed by atoms with van der Waals surface area (Å²) in [5, 5.41) is 6.59. The maximum absolute atomic E-state index is 6.23. The van der Waals surface area contributed by atoms with E-state index in [9.17, 15) is 0 Å². The molecule has 0 aliphatic rings. The van der Waals surface area contributed by atoms with Crippen LogP contribution in [-0.4, -0.2) is 15.0 Å². The van der Waals surface area contributed by atoms with Crippen LogP contribution in [0.2, 0.25) is 0 Å². The van der Waals surface area contributed by atoms with Crippen molar-refractivity contribution in [3.63, 3.8) is 0 Å². The first kappa shape index (κ1) is 25.4. The Bertz CT molecular complexity index is 2550. The molecule has 9 rings (SSSR count). The van der Waals surface area contributed by atoms with E-state index in [2.05, 4.69) is 115 Å². The molecule has 0 fully saturated rings. The van der Waals surface area contributed by atoms with Gasteiger partial charge in [-0.3, -0.25) is 0 Å². The first-order chi connectivity index (χ1) is 22.3. The summed E-state index contributed by atoms with van der Waals surface area (Å²) >= 11 is 0. The molecule has 0 spiro atoms. The van der Waals surface area contributed by atoms with E-state index in [-0.39, 0.29) is 0 Å². The lowest BCUT2D eigenvalue weighted by molar-refractivity contribution is 0.669. The maximum atomic E-state index is 6.23. The topological polar surface area (TPSA) is 51.8 Å². The van der Waals surface area contributed by atoms with Gasteiger partial charge in [-0.25, -0.2) is 15.0 Å². The molecule has 0 atom stereocenters. The number of fused-ring (bicyclic) bond motifs is 5. The van der Waals surface area contributed by atoms with Gasteiger partial charge in [0.25, 0.3) is 0 Å². The molecule has 0 aliphatic heterocycles. The number of rotatable bonds is 4. The Morgan fingerprint density at radius 1 is 0.356 bits per heavy atom. The fraction of sp³-hybridized carbons (Fsp3) is 0. The van der Waals surface area contributed by atoms with Crippen LogP contribution >= 0.6 is 0 Å². The number of nitrogens with zero attached hydrogens (tertiary/aromatic N) is 3. The molecule has 2 heterocycles. The van der Waals surface area contributed by atoms with E-state index in [4.69, 9.17) is 19.4 Å². The van der Waals surface area contributed by atoms with Gasteiger partial charge in [-0.15, -0.1) is 0 Å². The lowest BCUT2D eigenvalue weighted by Gasteiger charge is -2.13. The van der Waals surface area contributed by atoms with Crippen molar-refractivity contribution in [1.82, 2.24) is 15.0 Å². The fourth-order valence-electron chi connectivity index (χ4n) is 6.41. The molecule has 0 amide bonds. The third-order valence-electron chi connectivity index (χ3n) is 8.53. The molecule has 0 saturated heterocycles. The molecule has 45 heavy (non-hydrogen) atoms. The van der Waals surface area contributed by atoms with Crippen LogP contribution in [0, 0.1) is 0 Å². The number of hydrogen-bond acceptors (Lipinski definition) is 4. The molecule has 0 unspecified atom stereocenters. The van der Waals surface area contributed by atoms with Crippen LogP contribution in [0.1, 0.15) is 0 Å². The second-order valence-electron chi connectivity index (χ2n) is 11.2. The van der Waals surface area contributed by atoms with Gasteiger partial charge in [0.05, 0.1) is 0 Å². The largest absolute Gasteiger partial charge is 0.456 e. The highest BCUT2D eigenvalue weighted by atomic mass is 16.3. The zero-order valence-electron chi connectivity index (χ0n) is 24.2. The molecule has 9 aromatic rings. The van der Waals surface area contributed by atoms with E-state index in [0.717, 1.165) is 54.8 Å². The highest BCUT2D eigenvalue weighted by Gasteiger charge is 2.19. The first-order valence-electron chi connectivity index (χ1n) is 15.0. The monoisotopic (exact) mass is 575 g/mol. The van der Waals surface area contributed by atoms with Gasteiger partial charge in [0.1, 0.15) is 11.2 Å². The summed E-state index contributed by atoms with van der Waals surface area (Å²) in [6.45, 7) is 0. The Hall–Kier alpha value is -6.13. The van der Waals surface area contributed by atoms with Gasteiger partial charge in [-0.05, 0) is 50.9 Å². The van der Waals surface area contributed by atoms with Gasteiger partial charge < -0.3 is 4.42 Å². The Morgan fingerprint density at radius 2 is 0.956 bits per heavy atom. The van der Waals surface area contributed by atoms with E-state index in [1.807, 2.05) is 36.4 Å². The van der Waals surface area contributed by atoms with Crippen molar-refractivity contribution in [3.05, 3.63) is 152 Å². The third kappa shape index (κ3) is 4.27. The van der Waals surface area contributed by atoms with Crippen LogP contribution in [0.5, 0.6) is 0 Å². The maximum Gasteiger partial charge on any atom is 0.164 e. The highest BCUT2D eigenvalue weighted by molar-refractivity contribution is 6.12. The summed E-state index contributed by atoms with van der Waals surface area (Å²) in [6.07, 6.45) is 0. The van der Waals surface area contributed by atoms with Crippen LogP contribution in [-0.2, 0) is 0 Å². The Balaban J connectivity index is 1.32. The summed E-state index contributed by atoms with van der Waals surface area (Å²) < 4.78 is 6.23. The van der Waals surface area contributed by atoms with E-state index < -0.39 is 0 Å². The van der Waals surface area contributed by atoms with Crippen molar-refractivity contribution in [1.29, 1.82) is 0 Å². The molecule has 0 radical (unpaired) electrons. The second kappa shape index (κ2) is 10.2. The average molecular weight is 576 g/mol. The average Bonchev–Trinajstić information content (AvgIpc) is 3.50. The third-order valence-corrected chi connectivity index (χ3v) is 8.53. The quantitative estimate of drug-likeness (QED) is 0.209. The zero-order chi connectivity index (χ0) is 29.7. The van der Waals surface area contributed by atoms with Crippen molar-refractivity contribution < 1.29 is 4.42 Å². The minimum atomic E-state index is 0.608. The molecule has 4 nitrogen and oxygen atoms in total. The van der Waals surface area contributed by atoms with Crippen molar-refractivity contribution in [2.45, 2.75) is 0 Å².